The zero-order chi connectivity index (χ0) is 17.4. The number of aromatic nitrogens is 1. The van der Waals surface area contributed by atoms with Gasteiger partial charge in [-0.15, -0.1) is 12.4 Å². The molecule has 11 heteroatoms. The molecule has 2 rings (SSSR count). The van der Waals surface area contributed by atoms with Crippen LogP contribution >= 0.6 is 12.4 Å². The summed E-state index contributed by atoms with van der Waals surface area (Å²) < 4.78 is 23.5. The number of carbonyl (C=O) groups excluding carboxylic acids is 1. The molecule has 1 aliphatic rings. The molecule has 136 valence electrons. The van der Waals surface area contributed by atoms with Gasteiger partial charge in [-0.2, -0.15) is 8.42 Å². The van der Waals surface area contributed by atoms with Crippen molar-refractivity contribution in [1.29, 1.82) is 0 Å². The molecule has 1 saturated heterocycles. The van der Waals surface area contributed by atoms with Crippen molar-refractivity contribution in [2.75, 3.05) is 13.1 Å². The molecule has 0 aromatic carbocycles. The number of halogens is 1. The average molecular weight is 381 g/mol. The summed E-state index contributed by atoms with van der Waals surface area (Å²) >= 11 is 0. The summed E-state index contributed by atoms with van der Waals surface area (Å²) in [7, 11) is -4.18. The molecular formula is C13H21ClN4O5S. The van der Waals surface area contributed by atoms with Crippen LogP contribution in [-0.4, -0.2) is 53.4 Å². The van der Waals surface area contributed by atoms with E-state index in [9.17, 15) is 23.1 Å². The minimum absolute atomic E-state index is 0. The minimum Gasteiger partial charge on any atom is -0.477 e. The van der Waals surface area contributed by atoms with Crippen molar-refractivity contribution < 1.29 is 23.1 Å². The molecule has 0 spiro atoms. The summed E-state index contributed by atoms with van der Waals surface area (Å²) in [6.45, 7) is 2.51. The summed E-state index contributed by atoms with van der Waals surface area (Å²) in [6, 6.07) is 0.881. The van der Waals surface area contributed by atoms with Gasteiger partial charge in [0.15, 0.2) is 0 Å². The fraction of sp³-hybridized carbons (Fsp3) is 0.538. The molecule has 0 saturated carbocycles. The third-order valence-corrected chi connectivity index (χ3v) is 4.85. The lowest BCUT2D eigenvalue weighted by Crippen LogP contribution is -2.45. The second kappa shape index (κ2) is 7.51. The average Bonchev–Trinajstić information content (AvgIpc) is 2.91. The van der Waals surface area contributed by atoms with Gasteiger partial charge in [0.1, 0.15) is 5.69 Å². The Balaban J connectivity index is 0.00000288. The van der Waals surface area contributed by atoms with Gasteiger partial charge in [0.05, 0.1) is 6.04 Å². The number of nitrogens with zero attached hydrogens (tertiary/aromatic N) is 2. The number of piperidine rings is 1. The van der Waals surface area contributed by atoms with Gasteiger partial charge in [0.25, 0.3) is 0 Å². The van der Waals surface area contributed by atoms with Gasteiger partial charge in [-0.3, -0.25) is 4.79 Å². The smallest absolute Gasteiger partial charge is 0.353 e. The Morgan fingerprint density at radius 2 is 1.88 bits per heavy atom. The first-order chi connectivity index (χ1) is 10.6. The molecular weight excluding hydrogens is 360 g/mol. The van der Waals surface area contributed by atoms with Crippen molar-refractivity contribution in [2.24, 2.45) is 10.9 Å². The lowest BCUT2D eigenvalue weighted by molar-refractivity contribution is -0.133. The van der Waals surface area contributed by atoms with E-state index >= 15 is 0 Å². The Morgan fingerprint density at radius 1 is 1.33 bits per heavy atom. The Labute approximate surface area is 146 Å². The number of carboxylic acid groups (broad SMARTS) is 1. The van der Waals surface area contributed by atoms with Crippen LogP contribution in [0.3, 0.4) is 0 Å². The summed E-state index contributed by atoms with van der Waals surface area (Å²) in [6.07, 6.45) is 2.22. The van der Waals surface area contributed by atoms with Crippen LogP contribution in [0.5, 0.6) is 0 Å². The highest BCUT2D eigenvalue weighted by molar-refractivity contribution is 7.87. The predicted molar refractivity (Wildman–Crippen MR) is 89.3 cm³/mol. The molecule has 24 heavy (non-hydrogen) atoms. The van der Waals surface area contributed by atoms with Crippen LogP contribution in [0.4, 0.5) is 0 Å². The van der Waals surface area contributed by atoms with E-state index in [4.69, 9.17) is 10.9 Å². The number of rotatable bonds is 4. The predicted octanol–water partition coefficient (Wildman–Crippen LogP) is -0.287. The first-order valence-corrected chi connectivity index (χ1v) is 8.65. The molecule has 1 aromatic heterocycles. The highest BCUT2D eigenvalue weighted by atomic mass is 35.5. The van der Waals surface area contributed by atoms with Crippen molar-refractivity contribution in [3.8, 4) is 0 Å². The van der Waals surface area contributed by atoms with E-state index in [0.29, 0.717) is 35.5 Å². The van der Waals surface area contributed by atoms with Crippen molar-refractivity contribution >= 4 is 34.5 Å². The Kier molecular flexibility index (Phi) is 6.39. The van der Waals surface area contributed by atoms with Gasteiger partial charge < -0.3 is 15.7 Å². The molecule has 2 heterocycles. The number of carboxylic acids is 1. The lowest BCUT2D eigenvalue weighted by Gasteiger charge is -2.33. The number of amides is 1. The van der Waals surface area contributed by atoms with Crippen molar-refractivity contribution in [1.82, 2.24) is 8.87 Å². The van der Waals surface area contributed by atoms with Gasteiger partial charge in [0.2, 0.25) is 5.91 Å². The second-order valence-electron chi connectivity index (χ2n) is 5.65. The van der Waals surface area contributed by atoms with Gasteiger partial charge in [-0.25, -0.2) is 13.9 Å². The summed E-state index contributed by atoms with van der Waals surface area (Å²) in [5.41, 5.74) is 5.65. The normalized spacial score (nSPS) is 17.2. The highest BCUT2D eigenvalue weighted by Crippen LogP contribution is 2.31. The van der Waals surface area contributed by atoms with E-state index < -0.39 is 22.2 Å². The van der Waals surface area contributed by atoms with E-state index in [1.165, 1.54) is 6.07 Å². The maximum atomic E-state index is 11.9. The molecule has 9 nitrogen and oxygen atoms in total. The van der Waals surface area contributed by atoms with Crippen LogP contribution in [0.1, 0.15) is 41.7 Å². The molecule has 5 N–H and O–H groups in total. The van der Waals surface area contributed by atoms with Crippen LogP contribution in [0.15, 0.2) is 12.3 Å². The van der Waals surface area contributed by atoms with E-state index in [2.05, 4.69) is 0 Å². The Bertz CT molecular complexity index is 723. The van der Waals surface area contributed by atoms with E-state index in [1.54, 1.807) is 11.8 Å². The summed E-state index contributed by atoms with van der Waals surface area (Å²) in [5, 5.41) is 14.4. The maximum Gasteiger partial charge on any atom is 0.353 e. The number of hydrogen-bond donors (Lipinski definition) is 3. The molecule has 1 fully saturated rings. The van der Waals surface area contributed by atoms with Gasteiger partial charge >= 0.3 is 16.2 Å². The first kappa shape index (κ1) is 20.4. The molecule has 0 radical (unpaired) electrons. The number of aromatic carboxylic acids is 1. The number of hydrogen-bond acceptors (Lipinski definition) is 5. The fourth-order valence-corrected chi connectivity index (χ4v) is 3.56. The van der Waals surface area contributed by atoms with Gasteiger partial charge in [0, 0.05) is 19.3 Å². The zero-order valence-electron chi connectivity index (χ0n) is 13.1. The van der Waals surface area contributed by atoms with Crippen LogP contribution in [0, 0.1) is 0 Å². The second-order valence-corrected chi connectivity index (χ2v) is 7.08. The van der Waals surface area contributed by atoms with Crippen LogP contribution < -0.4 is 10.9 Å². The number of likely N-dealkylation sites (tertiary alicyclic amines) is 1. The Hall–Kier alpha value is -1.62. The lowest BCUT2D eigenvalue weighted by atomic mass is 9.89. The third-order valence-electron chi connectivity index (χ3n) is 4.00. The zero-order valence-corrected chi connectivity index (χ0v) is 14.7. The molecule has 1 unspecified atom stereocenters. The van der Waals surface area contributed by atoms with Gasteiger partial charge in [-0.05, 0) is 37.3 Å². The highest BCUT2D eigenvalue weighted by Gasteiger charge is 2.30. The molecule has 1 atom stereocenters. The van der Waals surface area contributed by atoms with Crippen LogP contribution in [-0.2, 0) is 15.0 Å². The first-order valence-electron chi connectivity index (χ1n) is 7.15. The van der Waals surface area contributed by atoms with Crippen molar-refractivity contribution in [3.05, 3.63) is 23.5 Å². The quantitative estimate of drug-likeness (QED) is 0.653. The van der Waals surface area contributed by atoms with E-state index in [1.807, 2.05) is 0 Å². The molecule has 1 aromatic rings. The Morgan fingerprint density at radius 3 is 2.29 bits per heavy atom. The largest absolute Gasteiger partial charge is 0.477 e. The molecule has 0 bridgehead atoms. The van der Waals surface area contributed by atoms with Gasteiger partial charge in [-0.1, -0.05) is 0 Å². The topological polar surface area (TPSA) is 149 Å². The fourth-order valence-electron chi connectivity index (χ4n) is 2.89. The standard InChI is InChI=1S/C13H20N4O5S.ClH/c1-8(14)12(18)16-5-2-9(3-6-16)10-4-7-17(23(15,21)22)11(10)13(19)20;/h4,7-9H,2-3,5-6,14H2,1H3,(H,19,20)(H2,15,21,22);1H. The van der Waals surface area contributed by atoms with Crippen molar-refractivity contribution in [3.63, 3.8) is 0 Å². The number of carbonyl (C=O) groups is 2. The van der Waals surface area contributed by atoms with E-state index in [-0.39, 0.29) is 29.9 Å². The minimum atomic E-state index is -4.18. The maximum absolute atomic E-state index is 11.9. The summed E-state index contributed by atoms with van der Waals surface area (Å²) in [5.74, 6) is -1.65. The third kappa shape index (κ3) is 4.07. The number of nitrogens with two attached hydrogens (primary N) is 2. The monoisotopic (exact) mass is 380 g/mol. The summed E-state index contributed by atoms with van der Waals surface area (Å²) in [4.78, 5) is 24.9. The molecule has 1 amide bonds. The van der Waals surface area contributed by atoms with Crippen molar-refractivity contribution in [2.45, 2.75) is 31.7 Å². The van der Waals surface area contributed by atoms with Crippen LogP contribution in [0.2, 0.25) is 0 Å². The SMILES string of the molecule is CC(N)C(=O)N1CCC(c2ccn(S(N)(=O)=O)c2C(=O)O)CC1.Cl. The van der Waals surface area contributed by atoms with Crippen LogP contribution in [0.25, 0.3) is 0 Å². The molecule has 0 aliphatic carbocycles. The van der Waals surface area contributed by atoms with E-state index in [0.717, 1.165) is 6.20 Å². The molecule has 1 aliphatic heterocycles.